The number of piperazine rings is 1. The average molecular weight is 509 g/mol. The van der Waals surface area contributed by atoms with E-state index in [1.54, 1.807) is 48.5 Å². The molecule has 186 valence electrons. The monoisotopic (exact) mass is 508 g/mol. The minimum atomic E-state index is -0.483. The number of anilines is 4. The first-order chi connectivity index (χ1) is 17.5. The van der Waals surface area contributed by atoms with Crippen LogP contribution in [0.4, 0.5) is 27.9 Å². The quantitative estimate of drug-likeness (QED) is 0.365. The molecular formula is C23H25FN10OS. The molecule has 0 radical (unpaired) electrons. The number of benzene rings is 1. The molecule has 36 heavy (non-hydrogen) atoms. The van der Waals surface area contributed by atoms with Crippen LogP contribution in [0.25, 0.3) is 0 Å². The molecule has 1 saturated heterocycles. The Hall–Kier alpha value is -3.84. The van der Waals surface area contributed by atoms with E-state index >= 15 is 0 Å². The van der Waals surface area contributed by atoms with Crippen molar-refractivity contribution in [3.8, 4) is 0 Å². The van der Waals surface area contributed by atoms with Crippen LogP contribution in [0.1, 0.15) is 6.92 Å². The van der Waals surface area contributed by atoms with Crippen LogP contribution in [0.5, 0.6) is 0 Å². The van der Waals surface area contributed by atoms with Crippen molar-refractivity contribution in [1.29, 1.82) is 0 Å². The molecule has 1 aromatic carbocycles. The van der Waals surface area contributed by atoms with Gasteiger partial charge in [0.2, 0.25) is 17.8 Å². The lowest BCUT2D eigenvalue weighted by Gasteiger charge is -2.34. The molecule has 11 nitrogen and oxygen atoms in total. The minimum Gasteiger partial charge on any atom is -0.391 e. The first kappa shape index (κ1) is 23.9. The summed E-state index contributed by atoms with van der Waals surface area (Å²) >= 11 is 1.49. The number of aliphatic hydroxyl groups excluding tert-OH is 1. The highest BCUT2D eigenvalue weighted by Crippen LogP contribution is 2.27. The lowest BCUT2D eigenvalue weighted by Crippen LogP contribution is -2.47. The molecule has 3 aromatic heterocycles. The SMILES string of the molecule is CC(O)Cn1cc(Nc2ncnc(N3CCN(c4ncc(Sc5ccc(F)cc5)cn4)CC3)n2)cn1. The number of nitrogens with zero attached hydrogens (tertiary/aromatic N) is 9. The molecule has 1 aliphatic heterocycles. The summed E-state index contributed by atoms with van der Waals surface area (Å²) in [5.41, 5.74) is 0.732. The predicted octanol–water partition coefficient (Wildman–Crippen LogP) is 2.60. The molecule has 0 saturated carbocycles. The first-order valence-corrected chi connectivity index (χ1v) is 12.3. The van der Waals surface area contributed by atoms with E-state index in [1.807, 2.05) is 0 Å². The number of halogens is 1. The normalized spacial score (nSPS) is 14.6. The van der Waals surface area contributed by atoms with Crippen LogP contribution in [-0.2, 0) is 6.54 Å². The highest BCUT2D eigenvalue weighted by molar-refractivity contribution is 7.99. The summed E-state index contributed by atoms with van der Waals surface area (Å²) in [6.07, 6.45) is 8.03. The van der Waals surface area contributed by atoms with Crippen LogP contribution in [0.3, 0.4) is 0 Å². The second kappa shape index (κ2) is 10.8. The summed E-state index contributed by atoms with van der Waals surface area (Å²) in [4.78, 5) is 28.2. The molecule has 5 rings (SSSR count). The van der Waals surface area contributed by atoms with Gasteiger partial charge in [0.1, 0.15) is 12.1 Å². The van der Waals surface area contributed by atoms with Gasteiger partial charge in [-0.2, -0.15) is 10.1 Å². The lowest BCUT2D eigenvalue weighted by atomic mass is 10.3. The Balaban J connectivity index is 1.16. The van der Waals surface area contributed by atoms with Gasteiger partial charge in [0.15, 0.2) is 0 Å². The Morgan fingerprint density at radius 2 is 1.64 bits per heavy atom. The Morgan fingerprint density at radius 3 is 2.33 bits per heavy atom. The number of nitrogens with one attached hydrogen (secondary N) is 1. The predicted molar refractivity (Wildman–Crippen MR) is 134 cm³/mol. The van der Waals surface area contributed by atoms with Crippen LogP contribution in [-0.4, -0.2) is 72.1 Å². The van der Waals surface area contributed by atoms with Crippen LogP contribution >= 0.6 is 11.8 Å². The smallest absolute Gasteiger partial charge is 0.232 e. The number of rotatable bonds is 8. The number of hydrogen-bond donors (Lipinski definition) is 2. The van der Waals surface area contributed by atoms with Gasteiger partial charge in [0.25, 0.3) is 0 Å². The van der Waals surface area contributed by atoms with E-state index in [4.69, 9.17) is 0 Å². The summed E-state index contributed by atoms with van der Waals surface area (Å²) in [6.45, 7) is 5.00. The molecule has 4 heterocycles. The Labute approximate surface area is 211 Å². The number of aliphatic hydroxyl groups is 1. The molecule has 13 heteroatoms. The fraction of sp³-hybridized carbons (Fsp3) is 0.304. The van der Waals surface area contributed by atoms with Gasteiger partial charge in [0.05, 0.1) is 24.5 Å². The molecule has 1 atom stereocenters. The van der Waals surface area contributed by atoms with Gasteiger partial charge in [-0.1, -0.05) is 11.8 Å². The van der Waals surface area contributed by atoms with Crippen molar-refractivity contribution in [3.63, 3.8) is 0 Å². The fourth-order valence-corrected chi connectivity index (χ4v) is 4.45. The Morgan fingerprint density at radius 1 is 0.944 bits per heavy atom. The van der Waals surface area contributed by atoms with E-state index in [1.165, 1.54) is 30.2 Å². The summed E-state index contributed by atoms with van der Waals surface area (Å²) in [5.74, 6) is 1.44. The van der Waals surface area contributed by atoms with Crippen molar-refractivity contribution >= 4 is 35.3 Å². The topological polar surface area (TPSA) is 121 Å². The standard InChI is InChI=1S/C23H25FN10OS/c1-16(35)13-34-14-18(10-29-34)30-21-27-15-28-23(31-21)33-8-6-32(7-9-33)22-25-11-20(12-26-22)36-19-4-2-17(24)3-5-19/h2-5,10-12,14-16,35H,6-9,13H2,1H3,(H,27,28,30,31). The third-order valence-electron chi connectivity index (χ3n) is 5.41. The van der Waals surface area contributed by atoms with E-state index in [2.05, 4.69) is 45.1 Å². The van der Waals surface area contributed by atoms with Gasteiger partial charge in [-0.3, -0.25) is 4.68 Å². The molecule has 0 bridgehead atoms. The van der Waals surface area contributed by atoms with Gasteiger partial charge in [-0.25, -0.2) is 24.3 Å². The van der Waals surface area contributed by atoms with E-state index in [0.717, 1.165) is 28.6 Å². The summed E-state index contributed by atoms with van der Waals surface area (Å²) < 4.78 is 14.8. The molecule has 4 aromatic rings. The Bertz CT molecular complexity index is 1280. The largest absolute Gasteiger partial charge is 0.391 e. The van der Waals surface area contributed by atoms with Crippen molar-refractivity contribution in [2.24, 2.45) is 0 Å². The zero-order valence-electron chi connectivity index (χ0n) is 19.6. The molecule has 1 fully saturated rings. The zero-order valence-corrected chi connectivity index (χ0v) is 20.4. The third kappa shape index (κ3) is 6.04. The van der Waals surface area contributed by atoms with E-state index < -0.39 is 6.10 Å². The highest BCUT2D eigenvalue weighted by atomic mass is 32.2. The zero-order chi connectivity index (χ0) is 24.9. The second-order valence-electron chi connectivity index (χ2n) is 8.28. The summed E-state index contributed by atoms with van der Waals surface area (Å²) in [7, 11) is 0. The van der Waals surface area contributed by atoms with Crippen molar-refractivity contribution in [2.75, 3.05) is 41.3 Å². The van der Waals surface area contributed by atoms with E-state index in [9.17, 15) is 9.50 Å². The van der Waals surface area contributed by atoms with Crippen molar-refractivity contribution in [3.05, 3.63) is 61.2 Å². The maximum Gasteiger partial charge on any atom is 0.232 e. The highest BCUT2D eigenvalue weighted by Gasteiger charge is 2.21. The Kier molecular flexibility index (Phi) is 7.18. The number of hydrogen-bond acceptors (Lipinski definition) is 11. The van der Waals surface area contributed by atoms with Crippen molar-refractivity contribution < 1.29 is 9.50 Å². The molecular weight excluding hydrogens is 483 g/mol. The minimum absolute atomic E-state index is 0.254. The van der Waals surface area contributed by atoms with Gasteiger partial charge >= 0.3 is 0 Å². The third-order valence-corrected chi connectivity index (χ3v) is 6.36. The fourth-order valence-electron chi connectivity index (χ4n) is 3.70. The maximum absolute atomic E-state index is 13.1. The molecule has 1 unspecified atom stereocenters. The maximum atomic E-state index is 13.1. The van der Waals surface area contributed by atoms with Crippen LogP contribution in [0.2, 0.25) is 0 Å². The molecule has 0 aliphatic carbocycles. The van der Waals surface area contributed by atoms with Crippen LogP contribution in [0, 0.1) is 5.82 Å². The van der Waals surface area contributed by atoms with Gasteiger partial charge in [-0.05, 0) is 31.2 Å². The second-order valence-corrected chi connectivity index (χ2v) is 9.43. The van der Waals surface area contributed by atoms with Crippen molar-refractivity contribution in [2.45, 2.75) is 29.4 Å². The summed E-state index contributed by atoms with van der Waals surface area (Å²) in [5, 5.41) is 16.9. The average Bonchev–Trinajstić information content (AvgIpc) is 3.32. The van der Waals surface area contributed by atoms with Crippen LogP contribution in [0.15, 0.2) is 65.2 Å². The van der Waals surface area contributed by atoms with E-state index in [0.29, 0.717) is 37.5 Å². The molecule has 1 aliphatic rings. The first-order valence-electron chi connectivity index (χ1n) is 11.4. The summed E-state index contributed by atoms with van der Waals surface area (Å²) in [6, 6.07) is 6.35. The lowest BCUT2D eigenvalue weighted by molar-refractivity contribution is 0.168. The van der Waals surface area contributed by atoms with Gasteiger partial charge in [0, 0.05) is 54.6 Å². The molecule has 0 spiro atoms. The van der Waals surface area contributed by atoms with E-state index in [-0.39, 0.29) is 5.82 Å². The molecule has 0 amide bonds. The van der Waals surface area contributed by atoms with Gasteiger partial charge < -0.3 is 20.2 Å². The van der Waals surface area contributed by atoms with Crippen molar-refractivity contribution in [1.82, 2.24) is 34.7 Å². The van der Waals surface area contributed by atoms with Crippen LogP contribution < -0.4 is 15.1 Å². The molecule has 2 N–H and O–H groups in total. The number of aromatic nitrogens is 7. The van der Waals surface area contributed by atoms with Gasteiger partial charge in [-0.15, -0.1) is 0 Å².